The molecule has 0 aliphatic heterocycles. The summed E-state index contributed by atoms with van der Waals surface area (Å²) in [5, 5.41) is 5.73. The van der Waals surface area contributed by atoms with E-state index in [1.807, 2.05) is 24.3 Å². The van der Waals surface area contributed by atoms with Gasteiger partial charge in [-0.05, 0) is 55.2 Å². The van der Waals surface area contributed by atoms with Crippen LogP contribution in [0.4, 0.5) is 11.4 Å². The number of carbonyl (C=O) groups excluding carboxylic acids is 2. The summed E-state index contributed by atoms with van der Waals surface area (Å²) in [6.07, 6.45) is 2.89. The standard InChI is InChI=1S/C19H20N2O2/c1-2-13-6-10-16(11-7-13)20-19(23)15-4-3-5-17(12-15)21-18(22)14-8-9-14/h3-7,10-12,14H,2,8-9H2,1H3,(H,20,23)(H,21,22). The van der Waals surface area contributed by atoms with Gasteiger partial charge in [0.15, 0.2) is 0 Å². The quantitative estimate of drug-likeness (QED) is 0.881. The predicted octanol–water partition coefficient (Wildman–Crippen LogP) is 3.85. The highest BCUT2D eigenvalue weighted by Gasteiger charge is 2.29. The summed E-state index contributed by atoms with van der Waals surface area (Å²) in [4.78, 5) is 24.1. The van der Waals surface area contributed by atoms with Gasteiger partial charge in [0.1, 0.15) is 0 Å². The van der Waals surface area contributed by atoms with Crippen LogP contribution in [-0.2, 0) is 11.2 Å². The average molecular weight is 308 g/mol. The van der Waals surface area contributed by atoms with E-state index in [1.165, 1.54) is 5.56 Å². The maximum atomic E-state index is 12.3. The van der Waals surface area contributed by atoms with Crippen LogP contribution in [0.5, 0.6) is 0 Å². The van der Waals surface area contributed by atoms with Gasteiger partial charge < -0.3 is 10.6 Å². The van der Waals surface area contributed by atoms with Gasteiger partial charge in [0.05, 0.1) is 0 Å². The maximum Gasteiger partial charge on any atom is 0.255 e. The van der Waals surface area contributed by atoms with E-state index in [4.69, 9.17) is 0 Å². The molecule has 4 heteroatoms. The van der Waals surface area contributed by atoms with Crippen molar-refractivity contribution in [2.45, 2.75) is 26.2 Å². The largest absolute Gasteiger partial charge is 0.326 e. The summed E-state index contributed by atoms with van der Waals surface area (Å²) in [6.45, 7) is 2.09. The topological polar surface area (TPSA) is 58.2 Å². The molecule has 0 unspecified atom stereocenters. The van der Waals surface area contributed by atoms with Crippen molar-refractivity contribution < 1.29 is 9.59 Å². The number of rotatable bonds is 5. The molecule has 0 atom stereocenters. The number of nitrogens with one attached hydrogen (secondary N) is 2. The lowest BCUT2D eigenvalue weighted by atomic mass is 10.1. The Kier molecular flexibility index (Phi) is 4.42. The minimum absolute atomic E-state index is 0.0395. The van der Waals surface area contributed by atoms with Gasteiger partial charge in [0.25, 0.3) is 5.91 Å². The van der Waals surface area contributed by atoms with Crippen LogP contribution in [0.3, 0.4) is 0 Å². The van der Waals surface area contributed by atoms with Crippen molar-refractivity contribution in [2.24, 2.45) is 5.92 Å². The molecule has 1 fully saturated rings. The van der Waals surface area contributed by atoms with Crippen LogP contribution in [0, 0.1) is 5.92 Å². The van der Waals surface area contributed by atoms with Gasteiger partial charge >= 0.3 is 0 Å². The van der Waals surface area contributed by atoms with Crippen LogP contribution in [0.25, 0.3) is 0 Å². The first-order valence-electron chi connectivity index (χ1n) is 7.97. The molecule has 0 bridgehead atoms. The number of hydrogen-bond acceptors (Lipinski definition) is 2. The van der Waals surface area contributed by atoms with Crippen LogP contribution >= 0.6 is 0 Å². The summed E-state index contributed by atoms with van der Waals surface area (Å²) >= 11 is 0. The molecule has 118 valence electrons. The molecule has 2 aromatic rings. The Morgan fingerprint density at radius 1 is 1.00 bits per heavy atom. The molecule has 0 saturated heterocycles. The summed E-state index contributed by atoms with van der Waals surface area (Å²) in [5.41, 5.74) is 3.18. The van der Waals surface area contributed by atoms with Crippen LogP contribution in [0.2, 0.25) is 0 Å². The molecule has 23 heavy (non-hydrogen) atoms. The highest BCUT2D eigenvalue weighted by molar-refractivity contribution is 6.05. The predicted molar refractivity (Wildman–Crippen MR) is 91.6 cm³/mol. The molecule has 0 radical (unpaired) electrons. The minimum Gasteiger partial charge on any atom is -0.326 e. The summed E-state index contributed by atoms with van der Waals surface area (Å²) in [7, 11) is 0. The molecule has 0 spiro atoms. The molecule has 1 aliphatic carbocycles. The van der Waals surface area contributed by atoms with Gasteiger partial charge in [0.2, 0.25) is 5.91 Å². The first-order valence-corrected chi connectivity index (χ1v) is 7.97. The molecule has 0 aromatic heterocycles. The molecule has 2 amide bonds. The van der Waals surface area contributed by atoms with Gasteiger partial charge in [-0.25, -0.2) is 0 Å². The third-order valence-corrected chi connectivity index (χ3v) is 3.96. The molecule has 2 aromatic carbocycles. The maximum absolute atomic E-state index is 12.3. The first-order chi connectivity index (χ1) is 11.2. The lowest BCUT2D eigenvalue weighted by Crippen LogP contribution is -2.15. The van der Waals surface area contributed by atoms with Gasteiger partial charge in [0, 0.05) is 22.9 Å². The third-order valence-electron chi connectivity index (χ3n) is 3.96. The fraction of sp³-hybridized carbons (Fsp3) is 0.263. The van der Waals surface area contributed by atoms with E-state index in [9.17, 15) is 9.59 Å². The van der Waals surface area contributed by atoms with Crippen molar-refractivity contribution in [3.63, 3.8) is 0 Å². The van der Waals surface area contributed by atoms with Gasteiger partial charge in [-0.2, -0.15) is 0 Å². The lowest BCUT2D eigenvalue weighted by molar-refractivity contribution is -0.117. The van der Waals surface area contributed by atoms with Crippen molar-refractivity contribution in [3.8, 4) is 0 Å². The Morgan fingerprint density at radius 3 is 2.39 bits per heavy atom. The Hall–Kier alpha value is -2.62. The Bertz CT molecular complexity index is 718. The van der Waals surface area contributed by atoms with Crippen molar-refractivity contribution in [1.29, 1.82) is 0 Å². The van der Waals surface area contributed by atoms with E-state index in [1.54, 1.807) is 24.3 Å². The number of benzene rings is 2. The number of anilines is 2. The molecular formula is C19H20N2O2. The van der Waals surface area contributed by atoms with Crippen molar-refractivity contribution in [3.05, 3.63) is 59.7 Å². The average Bonchev–Trinajstić information content (AvgIpc) is 3.41. The van der Waals surface area contributed by atoms with Crippen LogP contribution in [0.15, 0.2) is 48.5 Å². The van der Waals surface area contributed by atoms with Gasteiger partial charge in [-0.1, -0.05) is 25.1 Å². The van der Waals surface area contributed by atoms with E-state index >= 15 is 0 Å². The van der Waals surface area contributed by atoms with Crippen LogP contribution in [0.1, 0.15) is 35.7 Å². The van der Waals surface area contributed by atoms with Crippen LogP contribution in [-0.4, -0.2) is 11.8 Å². The van der Waals surface area contributed by atoms with Crippen LogP contribution < -0.4 is 10.6 Å². The molecular weight excluding hydrogens is 288 g/mol. The normalized spacial score (nSPS) is 13.4. The minimum atomic E-state index is -0.184. The highest BCUT2D eigenvalue weighted by Crippen LogP contribution is 2.30. The van der Waals surface area contributed by atoms with Crippen molar-refractivity contribution >= 4 is 23.2 Å². The molecule has 1 saturated carbocycles. The Balaban J connectivity index is 1.67. The van der Waals surface area contributed by atoms with Gasteiger partial charge in [-0.3, -0.25) is 9.59 Å². The zero-order valence-electron chi connectivity index (χ0n) is 13.1. The molecule has 1 aliphatic rings. The van der Waals surface area contributed by atoms with E-state index in [-0.39, 0.29) is 17.7 Å². The highest BCUT2D eigenvalue weighted by atomic mass is 16.2. The number of aryl methyl sites for hydroxylation is 1. The number of carbonyl (C=O) groups is 2. The smallest absolute Gasteiger partial charge is 0.255 e. The van der Waals surface area contributed by atoms with E-state index in [0.29, 0.717) is 11.3 Å². The van der Waals surface area contributed by atoms with E-state index in [2.05, 4.69) is 17.6 Å². The first kappa shape index (κ1) is 15.3. The molecule has 0 heterocycles. The Morgan fingerprint density at radius 2 is 1.74 bits per heavy atom. The van der Waals surface area contributed by atoms with Crippen molar-refractivity contribution in [2.75, 3.05) is 10.6 Å². The zero-order chi connectivity index (χ0) is 16.2. The monoisotopic (exact) mass is 308 g/mol. The molecule has 3 rings (SSSR count). The lowest BCUT2D eigenvalue weighted by Gasteiger charge is -2.08. The Labute approximate surface area is 135 Å². The van der Waals surface area contributed by atoms with Crippen molar-refractivity contribution in [1.82, 2.24) is 0 Å². The fourth-order valence-electron chi connectivity index (χ4n) is 2.36. The number of amides is 2. The van der Waals surface area contributed by atoms with E-state index in [0.717, 1.165) is 24.9 Å². The summed E-state index contributed by atoms with van der Waals surface area (Å²) < 4.78 is 0. The molecule has 4 nitrogen and oxygen atoms in total. The second-order valence-electron chi connectivity index (χ2n) is 5.85. The summed E-state index contributed by atoms with van der Waals surface area (Å²) in [6, 6.07) is 14.8. The van der Waals surface area contributed by atoms with E-state index < -0.39 is 0 Å². The fourth-order valence-corrected chi connectivity index (χ4v) is 2.36. The number of hydrogen-bond donors (Lipinski definition) is 2. The second kappa shape index (κ2) is 6.65. The second-order valence-corrected chi connectivity index (χ2v) is 5.85. The van der Waals surface area contributed by atoms with Gasteiger partial charge in [-0.15, -0.1) is 0 Å². The molecule has 2 N–H and O–H groups in total. The SMILES string of the molecule is CCc1ccc(NC(=O)c2cccc(NC(=O)C3CC3)c2)cc1. The zero-order valence-corrected chi connectivity index (χ0v) is 13.1. The summed E-state index contributed by atoms with van der Waals surface area (Å²) in [5.74, 6) is -0.000884. The third kappa shape index (κ3) is 3.97.